The Morgan fingerprint density at radius 2 is 1.78 bits per heavy atom. The predicted molar refractivity (Wildman–Crippen MR) is 92.7 cm³/mol. The normalized spacial score (nSPS) is 11.1. The SMILES string of the molecule is CCOc1ccc(/C(C)=N\NC(=O)CCc2ccccc2)cc1. The van der Waals surface area contributed by atoms with Crippen molar-refractivity contribution >= 4 is 11.6 Å². The van der Waals surface area contributed by atoms with Crippen molar-refractivity contribution in [2.75, 3.05) is 6.61 Å². The van der Waals surface area contributed by atoms with E-state index < -0.39 is 0 Å². The van der Waals surface area contributed by atoms with Crippen LogP contribution in [0.25, 0.3) is 0 Å². The van der Waals surface area contributed by atoms with Crippen LogP contribution >= 0.6 is 0 Å². The van der Waals surface area contributed by atoms with Gasteiger partial charge in [-0.05, 0) is 55.7 Å². The molecular weight excluding hydrogens is 288 g/mol. The Morgan fingerprint density at radius 3 is 2.43 bits per heavy atom. The van der Waals surface area contributed by atoms with Gasteiger partial charge >= 0.3 is 0 Å². The molecule has 0 fully saturated rings. The fourth-order valence-corrected chi connectivity index (χ4v) is 2.13. The van der Waals surface area contributed by atoms with E-state index in [4.69, 9.17) is 4.74 Å². The van der Waals surface area contributed by atoms with Gasteiger partial charge in [0.25, 0.3) is 0 Å². The first kappa shape index (κ1) is 16.7. The third-order valence-corrected chi connectivity index (χ3v) is 3.41. The maximum atomic E-state index is 11.9. The average molecular weight is 310 g/mol. The second-order valence-corrected chi connectivity index (χ2v) is 5.18. The first-order valence-electron chi connectivity index (χ1n) is 7.79. The molecular formula is C19H22N2O2. The molecule has 4 heteroatoms. The number of aryl methyl sites for hydroxylation is 1. The molecule has 0 atom stereocenters. The largest absolute Gasteiger partial charge is 0.494 e. The number of hydrogen-bond acceptors (Lipinski definition) is 3. The summed E-state index contributed by atoms with van der Waals surface area (Å²) in [6.07, 6.45) is 1.13. The highest BCUT2D eigenvalue weighted by molar-refractivity contribution is 5.99. The van der Waals surface area contributed by atoms with Gasteiger partial charge in [-0.15, -0.1) is 0 Å². The highest BCUT2D eigenvalue weighted by atomic mass is 16.5. The molecule has 0 radical (unpaired) electrons. The molecule has 0 aliphatic rings. The third kappa shape index (κ3) is 5.58. The summed E-state index contributed by atoms with van der Waals surface area (Å²) in [5.41, 5.74) is 5.48. The Kier molecular flexibility index (Phi) is 6.36. The van der Waals surface area contributed by atoms with Crippen LogP contribution in [-0.4, -0.2) is 18.2 Å². The Hall–Kier alpha value is -2.62. The average Bonchev–Trinajstić information content (AvgIpc) is 2.59. The van der Waals surface area contributed by atoms with Crippen LogP contribution in [0.2, 0.25) is 0 Å². The third-order valence-electron chi connectivity index (χ3n) is 3.41. The topological polar surface area (TPSA) is 50.7 Å². The molecule has 0 bridgehead atoms. The van der Waals surface area contributed by atoms with Crippen LogP contribution in [-0.2, 0) is 11.2 Å². The molecule has 0 aromatic heterocycles. The minimum Gasteiger partial charge on any atom is -0.494 e. The molecule has 2 aromatic carbocycles. The van der Waals surface area contributed by atoms with Crippen molar-refractivity contribution in [3.63, 3.8) is 0 Å². The number of carbonyl (C=O) groups is 1. The molecule has 120 valence electrons. The first-order chi connectivity index (χ1) is 11.2. The summed E-state index contributed by atoms with van der Waals surface area (Å²) in [6, 6.07) is 17.6. The number of hydrogen-bond donors (Lipinski definition) is 1. The Bertz CT molecular complexity index is 649. The van der Waals surface area contributed by atoms with Crippen LogP contribution < -0.4 is 10.2 Å². The Labute approximate surface area is 137 Å². The maximum Gasteiger partial charge on any atom is 0.240 e. The number of amides is 1. The lowest BCUT2D eigenvalue weighted by molar-refractivity contribution is -0.121. The van der Waals surface area contributed by atoms with Crippen molar-refractivity contribution in [2.45, 2.75) is 26.7 Å². The van der Waals surface area contributed by atoms with E-state index in [9.17, 15) is 4.79 Å². The molecule has 23 heavy (non-hydrogen) atoms. The van der Waals surface area contributed by atoms with Crippen molar-refractivity contribution in [3.05, 3.63) is 65.7 Å². The molecule has 0 aliphatic carbocycles. The molecule has 2 rings (SSSR count). The molecule has 0 saturated heterocycles. The van der Waals surface area contributed by atoms with E-state index in [0.717, 1.165) is 22.6 Å². The Balaban J connectivity index is 1.84. The van der Waals surface area contributed by atoms with Gasteiger partial charge in [0.15, 0.2) is 0 Å². The zero-order valence-electron chi connectivity index (χ0n) is 13.6. The van der Waals surface area contributed by atoms with Crippen molar-refractivity contribution in [1.29, 1.82) is 0 Å². The second-order valence-electron chi connectivity index (χ2n) is 5.18. The lowest BCUT2D eigenvalue weighted by Gasteiger charge is -2.05. The van der Waals surface area contributed by atoms with E-state index in [2.05, 4.69) is 10.5 Å². The lowest BCUT2D eigenvalue weighted by Crippen LogP contribution is -2.19. The number of carbonyl (C=O) groups excluding carboxylic acids is 1. The molecule has 1 amide bonds. The van der Waals surface area contributed by atoms with Gasteiger partial charge in [-0.1, -0.05) is 30.3 Å². The van der Waals surface area contributed by atoms with E-state index in [1.165, 1.54) is 0 Å². The maximum absolute atomic E-state index is 11.9. The zero-order valence-corrected chi connectivity index (χ0v) is 13.6. The summed E-state index contributed by atoms with van der Waals surface area (Å²) in [5, 5.41) is 4.16. The summed E-state index contributed by atoms with van der Waals surface area (Å²) in [7, 11) is 0. The van der Waals surface area contributed by atoms with E-state index in [-0.39, 0.29) is 5.91 Å². The number of ether oxygens (including phenoxy) is 1. The molecule has 4 nitrogen and oxygen atoms in total. The molecule has 0 heterocycles. The summed E-state index contributed by atoms with van der Waals surface area (Å²) in [6.45, 7) is 4.46. The lowest BCUT2D eigenvalue weighted by atomic mass is 10.1. The van der Waals surface area contributed by atoms with Crippen LogP contribution in [0.1, 0.15) is 31.4 Å². The first-order valence-corrected chi connectivity index (χ1v) is 7.79. The van der Waals surface area contributed by atoms with Gasteiger partial charge in [0.1, 0.15) is 5.75 Å². The molecule has 0 spiro atoms. The smallest absolute Gasteiger partial charge is 0.240 e. The number of benzene rings is 2. The van der Waals surface area contributed by atoms with Gasteiger partial charge in [-0.2, -0.15) is 5.10 Å². The van der Waals surface area contributed by atoms with Crippen molar-refractivity contribution in [3.8, 4) is 5.75 Å². The van der Waals surface area contributed by atoms with E-state index in [1.807, 2.05) is 68.4 Å². The molecule has 0 unspecified atom stereocenters. The summed E-state index contributed by atoms with van der Waals surface area (Å²) >= 11 is 0. The van der Waals surface area contributed by atoms with E-state index in [0.29, 0.717) is 19.4 Å². The van der Waals surface area contributed by atoms with E-state index >= 15 is 0 Å². The molecule has 0 saturated carbocycles. The van der Waals surface area contributed by atoms with Gasteiger partial charge in [0.2, 0.25) is 5.91 Å². The van der Waals surface area contributed by atoms with Crippen LogP contribution in [0.15, 0.2) is 59.7 Å². The summed E-state index contributed by atoms with van der Waals surface area (Å²) < 4.78 is 5.40. The highest BCUT2D eigenvalue weighted by Crippen LogP contribution is 2.12. The van der Waals surface area contributed by atoms with Gasteiger partial charge in [0, 0.05) is 6.42 Å². The number of nitrogens with zero attached hydrogens (tertiary/aromatic N) is 1. The number of rotatable bonds is 7. The molecule has 2 aromatic rings. The standard InChI is InChI=1S/C19H22N2O2/c1-3-23-18-12-10-17(11-13-18)15(2)20-21-19(22)14-9-16-7-5-4-6-8-16/h4-8,10-13H,3,9,14H2,1-2H3,(H,21,22)/b20-15-. The quantitative estimate of drug-likeness (QED) is 0.628. The minimum absolute atomic E-state index is 0.0841. The Morgan fingerprint density at radius 1 is 1.09 bits per heavy atom. The highest BCUT2D eigenvalue weighted by Gasteiger charge is 2.03. The van der Waals surface area contributed by atoms with E-state index in [1.54, 1.807) is 0 Å². The van der Waals surface area contributed by atoms with Gasteiger partial charge in [0.05, 0.1) is 12.3 Å². The number of nitrogens with one attached hydrogen (secondary N) is 1. The van der Waals surface area contributed by atoms with Crippen molar-refractivity contribution in [2.24, 2.45) is 5.10 Å². The summed E-state index contributed by atoms with van der Waals surface area (Å²) in [4.78, 5) is 11.9. The van der Waals surface area contributed by atoms with Crippen molar-refractivity contribution < 1.29 is 9.53 Å². The molecule has 1 N–H and O–H groups in total. The van der Waals surface area contributed by atoms with Crippen LogP contribution in [0.4, 0.5) is 0 Å². The monoisotopic (exact) mass is 310 g/mol. The molecule has 0 aliphatic heterocycles. The fourth-order valence-electron chi connectivity index (χ4n) is 2.13. The second kappa shape index (κ2) is 8.73. The van der Waals surface area contributed by atoms with Gasteiger partial charge < -0.3 is 4.74 Å². The zero-order chi connectivity index (χ0) is 16.5. The van der Waals surface area contributed by atoms with Crippen LogP contribution in [0, 0.1) is 0 Å². The number of hydrazone groups is 1. The predicted octanol–water partition coefficient (Wildman–Crippen LogP) is 3.56. The van der Waals surface area contributed by atoms with Crippen LogP contribution in [0.5, 0.6) is 5.75 Å². The summed E-state index contributed by atoms with van der Waals surface area (Å²) in [5.74, 6) is 0.745. The van der Waals surface area contributed by atoms with Crippen molar-refractivity contribution in [1.82, 2.24) is 5.43 Å². The fraction of sp³-hybridized carbons (Fsp3) is 0.263. The van der Waals surface area contributed by atoms with Gasteiger partial charge in [-0.25, -0.2) is 5.43 Å². The van der Waals surface area contributed by atoms with Gasteiger partial charge in [-0.3, -0.25) is 4.79 Å². The van der Waals surface area contributed by atoms with Crippen LogP contribution in [0.3, 0.4) is 0 Å². The minimum atomic E-state index is -0.0841.